The Morgan fingerprint density at radius 3 is 2.68 bits per heavy atom. The number of carbonyl (C=O) groups excluding carboxylic acids is 1. The Bertz CT molecular complexity index is 348. The first-order chi connectivity index (χ1) is 9.10. The highest BCUT2D eigenvalue weighted by Crippen LogP contribution is 2.49. The fourth-order valence-electron chi connectivity index (χ4n) is 3.61. The Labute approximate surface area is 118 Å². The molecule has 4 nitrogen and oxygen atoms in total. The van der Waals surface area contributed by atoms with E-state index >= 15 is 0 Å². The van der Waals surface area contributed by atoms with Crippen LogP contribution in [0.4, 0.5) is 0 Å². The van der Waals surface area contributed by atoms with Crippen molar-refractivity contribution in [1.82, 2.24) is 5.32 Å². The summed E-state index contributed by atoms with van der Waals surface area (Å²) in [6.07, 6.45) is 8.00. The van der Waals surface area contributed by atoms with Crippen molar-refractivity contribution in [3.05, 3.63) is 0 Å². The Balaban J connectivity index is 1.77. The average Bonchev–Trinajstić information content (AvgIpc) is 2.96. The van der Waals surface area contributed by atoms with Crippen LogP contribution < -0.4 is 5.32 Å². The number of rotatable bonds is 7. The zero-order valence-electron chi connectivity index (χ0n) is 11.4. The van der Waals surface area contributed by atoms with Crippen molar-refractivity contribution in [2.24, 2.45) is 17.8 Å². The van der Waals surface area contributed by atoms with Crippen molar-refractivity contribution in [3.8, 4) is 0 Å². The van der Waals surface area contributed by atoms with Gasteiger partial charge < -0.3 is 10.4 Å². The molecule has 5 heteroatoms. The van der Waals surface area contributed by atoms with Gasteiger partial charge in [0, 0.05) is 6.42 Å². The number of carboxylic acids is 1. The molecule has 0 heterocycles. The summed E-state index contributed by atoms with van der Waals surface area (Å²) in [5.74, 6) is 1.79. The predicted octanol–water partition coefficient (Wildman–Crippen LogP) is 2.14. The predicted molar refractivity (Wildman–Crippen MR) is 76.1 cm³/mol. The largest absolute Gasteiger partial charge is 0.480 e. The maximum absolute atomic E-state index is 12.0. The molecule has 0 aromatic rings. The highest BCUT2D eigenvalue weighted by Gasteiger charge is 2.40. The maximum atomic E-state index is 12.0. The molecule has 2 saturated carbocycles. The van der Waals surface area contributed by atoms with E-state index in [2.05, 4.69) is 5.32 Å². The van der Waals surface area contributed by atoms with Gasteiger partial charge in [0.1, 0.15) is 6.04 Å². The Morgan fingerprint density at radius 1 is 1.37 bits per heavy atom. The lowest BCUT2D eigenvalue weighted by molar-refractivity contribution is -0.142. The van der Waals surface area contributed by atoms with Crippen LogP contribution in [0.3, 0.4) is 0 Å². The lowest BCUT2D eigenvalue weighted by Crippen LogP contribution is -2.42. The van der Waals surface area contributed by atoms with Crippen molar-refractivity contribution < 1.29 is 14.7 Å². The molecule has 4 unspecified atom stereocenters. The summed E-state index contributed by atoms with van der Waals surface area (Å²) in [5, 5.41) is 11.8. The van der Waals surface area contributed by atoms with Gasteiger partial charge in [-0.3, -0.25) is 4.79 Å². The van der Waals surface area contributed by atoms with E-state index in [1.807, 2.05) is 6.26 Å². The third kappa shape index (κ3) is 3.88. The number of hydrogen-bond donors (Lipinski definition) is 2. The zero-order chi connectivity index (χ0) is 13.8. The number of fused-ring (bicyclic) bond motifs is 2. The van der Waals surface area contributed by atoms with E-state index in [1.54, 1.807) is 11.8 Å². The van der Waals surface area contributed by atoms with Gasteiger partial charge in [-0.1, -0.05) is 6.42 Å². The second-order valence-electron chi connectivity index (χ2n) is 5.88. The van der Waals surface area contributed by atoms with Gasteiger partial charge in [-0.25, -0.2) is 4.79 Å². The molecule has 0 spiro atoms. The van der Waals surface area contributed by atoms with Crippen molar-refractivity contribution >= 4 is 23.6 Å². The molecule has 2 bridgehead atoms. The fourth-order valence-corrected chi connectivity index (χ4v) is 4.08. The maximum Gasteiger partial charge on any atom is 0.326 e. The van der Waals surface area contributed by atoms with Crippen LogP contribution in [-0.2, 0) is 9.59 Å². The Morgan fingerprint density at radius 2 is 2.16 bits per heavy atom. The van der Waals surface area contributed by atoms with Crippen LogP contribution >= 0.6 is 11.8 Å². The molecule has 0 radical (unpaired) electrons. The van der Waals surface area contributed by atoms with Crippen LogP contribution in [0.15, 0.2) is 0 Å². The Hall–Kier alpha value is -0.710. The third-order valence-corrected chi connectivity index (χ3v) is 5.22. The third-order valence-electron chi connectivity index (χ3n) is 4.58. The van der Waals surface area contributed by atoms with E-state index in [9.17, 15) is 9.59 Å². The fraction of sp³-hybridized carbons (Fsp3) is 0.857. The van der Waals surface area contributed by atoms with Gasteiger partial charge in [-0.05, 0) is 55.4 Å². The van der Waals surface area contributed by atoms with Crippen LogP contribution in [0.2, 0.25) is 0 Å². The molecule has 0 aromatic heterocycles. The molecule has 2 rings (SSSR count). The normalized spacial score (nSPS) is 30.3. The summed E-state index contributed by atoms with van der Waals surface area (Å²) in [7, 11) is 0. The number of hydrogen-bond acceptors (Lipinski definition) is 3. The SMILES string of the molecule is CSCCC(NC(=O)CC1CC2CCC1C2)C(=O)O. The Kier molecular flexibility index (Phi) is 5.13. The summed E-state index contributed by atoms with van der Waals surface area (Å²) in [6, 6.07) is -0.724. The van der Waals surface area contributed by atoms with Crippen molar-refractivity contribution in [3.63, 3.8) is 0 Å². The van der Waals surface area contributed by atoms with E-state index in [0.29, 0.717) is 24.7 Å². The molecular formula is C14H23NO3S. The van der Waals surface area contributed by atoms with E-state index in [0.717, 1.165) is 11.7 Å². The lowest BCUT2D eigenvalue weighted by atomic mass is 9.86. The molecule has 2 aliphatic rings. The summed E-state index contributed by atoms with van der Waals surface area (Å²) in [6.45, 7) is 0. The molecule has 2 N–H and O–H groups in total. The van der Waals surface area contributed by atoms with E-state index in [-0.39, 0.29) is 5.91 Å². The number of aliphatic carboxylic acids is 1. The van der Waals surface area contributed by atoms with Gasteiger partial charge >= 0.3 is 5.97 Å². The number of nitrogens with one attached hydrogen (secondary N) is 1. The van der Waals surface area contributed by atoms with E-state index in [4.69, 9.17) is 5.11 Å². The number of thioether (sulfide) groups is 1. The minimum atomic E-state index is -0.921. The van der Waals surface area contributed by atoms with E-state index < -0.39 is 12.0 Å². The van der Waals surface area contributed by atoms with Crippen LogP contribution in [0.25, 0.3) is 0 Å². The van der Waals surface area contributed by atoms with Gasteiger partial charge in [0.25, 0.3) is 0 Å². The minimum absolute atomic E-state index is 0.0777. The molecule has 108 valence electrons. The van der Waals surface area contributed by atoms with Crippen molar-refractivity contribution in [1.29, 1.82) is 0 Å². The van der Waals surface area contributed by atoms with Crippen LogP contribution in [0.5, 0.6) is 0 Å². The quantitative estimate of drug-likeness (QED) is 0.752. The lowest BCUT2D eigenvalue weighted by Gasteiger charge is -2.22. The van der Waals surface area contributed by atoms with Crippen molar-refractivity contribution in [2.45, 2.75) is 44.6 Å². The van der Waals surface area contributed by atoms with Crippen LogP contribution in [0.1, 0.15) is 38.5 Å². The molecular weight excluding hydrogens is 262 g/mol. The van der Waals surface area contributed by atoms with Crippen LogP contribution in [0, 0.1) is 17.8 Å². The molecule has 2 aliphatic carbocycles. The first-order valence-electron chi connectivity index (χ1n) is 7.11. The van der Waals surface area contributed by atoms with Gasteiger partial charge in [0.2, 0.25) is 5.91 Å². The molecule has 4 atom stereocenters. The molecule has 0 aliphatic heterocycles. The average molecular weight is 285 g/mol. The summed E-state index contributed by atoms with van der Waals surface area (Å²) >= 11 is 1.60. The topological polar surface area (TPSA) is 66.4 Å². The molecule has 2 fully saturated rings. The summed E-state index contributed by atoms with van der Waals surface area (Å²) in [4.78, 5) is 23.1. The number of carbonyl (C=O) groups is 2. The smallest absolute Gasteiger partial charge is 0.326 e. The highest BCUT2D eigenvalue weighted by atomic mass is 32.2. The number of carboxylic acid groups (broad SMARTS) is 1. The monoisotopic (exact) mass is 285 g/mol. The zero-order valence-corrected chi connectivity index (χ0v) is 12.2. The first-order valence-corrected chi connectivity index (χ1v) is 8.50. The summed E-state index contributed by atoms with van der Waals surface area (Å²) < 4.78 is 0. The number of amides is 1. The standard InChI is InChI=1S/C14H23NO3S/c1-19-5-4-12(14(17)18)15-13(16)8-11-7-9-2-3-10(11)6-9/h9-12H,2-8H2,1H3,(H,15,16)(H,17,18). The first kappa shape index (κ1) is 14.7. The van der Waals surface area contributed by atoms with E-state index in [1.165, 1.54) is 25.7 Å². The second kappa shape index (κ2) is 6.64. The molecule has 19 heavy (non-hydrogen) atoms. The van der Waals surface area contributed by atoms with Crippen molar-refractivity contribution in [2.75, 3.05) is 12.0 Å². The molecule has 0 saturated heterocycles. The second-order valence-corrected chi connectivity index (χ2v) is 6.86. The van der Waals surface area contributed by atoms with Gasteiger partial charge in [-0.15, -0.1) is 0 Å². The van der Waals surface area contributed by atoms with Crippen LogP contribution in [-0.4, -0.2) is 35.0 Å². The molecule has 1 amide bonds. The minimum Gasteiger partial charge on any atom is -0.480 e. The highest BCUT2D eigenvalue weighted by molar-refractivity contribution is 7.98. The van der Waals surface area contributed by atoms with Gasteiger partial charge in [-0.2, -0.15) is 11.8 Å². The summed E-state index contributed by atoms with van der Waals surface area (Å²) in [5.41, 5.74) is 0. The van der Waals surface area contributed by atoms with Gasteiger partial charge in [0.15, 0.2) is 0 Å². The molecule has 0 aromatic carbocycles. The van der Waals surface area contributed by atoms with Gasteiger partial charge in [0.05, 0.1) is 0 Å².